The lowest BCUT2D eigenvalue weighted by Gasteiger charge is -2.18. The molecule has 17 heavy (non-hydrogen) atoms. The average molecular weight is 249 g/mol. The molecule has 0 N–H and O–H groups in total. The molecule has 1 amide bonds. The lowest BCUT2D eigenvalue weighted by Crippen LogP contribution is -2.24. The molecule has 2 rings (SSSR count). The van der Waals surface area contributed by atoms with Crippen LogP contribution in [0.4, 0.5) is 0 Å². The van der Waals surface area contributed by atoms with Crippen LogP contribution in [0.2, 0.25) is 0 Å². The molecule has 0 aromatic heterocycles. The predicted octanol–water partition coefficient (Wildman–Crippen LogP) is 3.10. The third kappa shape index (κ3) is 2.83. The molecule has 1 aromatic rings. The number of likely N-dealkylation sites (tertiary alicyclic amines) is 1. The molecule has 0 spiro atoms. The highest BCUT2D eigenvalue weighted by atomic mass is 32.2. The van der Waals surface area contributed by atoms with Crippen molar-refractivity contribution >= 4 is 17.7 Å². The van der Waals surface area contributed by atoms with Crippen LogP contribution < -0.4 is 0 Å². The fourth-order valence-electron chi connectivity index (χ4n) is 2.19. The van der Waals surface area contributed by atoms with Crippen molar-refractivity contribution in [3.05, 3.63) is 35.9 Å². The van der Waals surface area contributed by atoms with E-state index in [2.05, 4.69) is 31.2 Å². The smallest absolute Gasteiger partial charge is 0.235 e. The maximum atomic E-state index is 11.9. The molecule has 1 aliphatic rings. The molecule has 1 aliphatic heterocycles. The van der Waals surface area contributed by atoms with Crippen LogP contribution in [0.5, 0.6) is 0 Å². The Kier molecular flexibility index (Phi) is 4.11. The number of benzene rings is 1. The summed E-state index contributed by atoms with van der Waals surface area (Å²) in [6.45, 7) is 3.09. The molecule has 1 saturated heterocycles. The highest BCUT2D eigenvalue weighted by Crippen LogP contribution is 2.38. The van der Waals surface area contributed by atoms with Gasteiger partial charge in [0.05, 0.1) is 5.25 Å². The maximum Gasteiger partial charge on any atom is 0.235 e. The fourth-order valence-corrected chi connectivity index (χ4v) is 3.63. The number of carbonyl (C=O) groups is 1. The molecule has 3 heteroatoms. The van der Waals surface area contributed by atoms with E-state index in [1.165, 1.54) is 5.56 Å². The monoisotopic (exact) mass is 249 g/mol. The second kappa shape index (κ2) is 5.58. The van der Waals surface area contributed by atoms with Crippen molar-refractivity contribution in [1.29, 1.82) is 0 Å². The minimum absolute atomic E-state index is 0.158. The lowest BCUT2D eigenvalue weighted by atomic mass is 10.1. The SMILES string of the molecule is CC[C@@H](S[C@@H]1CCN(C)C1=O)c1ccccc1. The Labute approximate surface area is 107 Å². The van der Waals surface area contributed by atoms with Crippen molar-refractivity contribution in [3.63, 3.8) is 0 Å². The molecule has 2 atom stereocenters. The molecule has 1 aromatic carbocycles. The lowest BCUT2D eigenvalue weighted by molar-refractivity contribution is -0.126. The quantitative estimate of drug-likeness (QED) is 0.817. The van der Waals surface area contributed by atoms with Crippen molar-refractivity contribution in [3.8, 4) is 0 Å². The largest absolute Gasteiger partial charge is 0.345 e. The molecule has 1 fully saturated rings. The van der Waals surface area contributed by atoms with E-state index in [9.17, 15) is 4.79 Å². The van der Waals surface area contributed by atoms with Gasteiger partial charge in [0.2, 0.25) is 5.91 Å². The topological polar surface area (TPSA) is 20.3 Å². The van der Waals surface area contributed by atoms with E-state index < -0.39 is 0 Å². The molecule has 0 saturated carbocycles. The summed E-state index contributed by atoms with van der Waals surface area (Å²) in [5.74, 6) is 0.296. The Morgan fingerprint density at radius 3 is 2.65 bits per heavy atom. The minimum Gasteiger partial charge on any atom is -0.345 e. The van der Waals surface area contributed by atoms with E-state index in [0.717, 1.165) is 19.4 Å². The van der Waals surface area contributed by atoms with E-state index >= 15 is 0 Å². The van der Waals surface area contributed by atoms with Crippen molar-refractivity contribution < 1.29 is 4.79 Å². The summed E-state index contributed by atoms with van der Waals surface area (Å²) in [5.41, 5.74) is 1.34. The Bertz CT molecular complexity index is 379. The van der Waals surface area contributed by atoms with Gasteiger partial charge >= 0.3 is 0 Å². The maximum absolute atomic E-state index is 11.9. The van der Waals surface area contributed by atoms with E-state index in [1.54, 1.807) is 0 Å². The van der Waals surface area contributed by atoms with E-state index in [-0.39, 0.29) is 5.25 Å². The van der Waals surface area contributed by atoms with Crippen molar-refractivity contribution in [1.82, 2.24) is 4.90 Å². The Hall–Kier alpha value is -0.960. The van der Waals surface area contributed by atoms with Crippen LogP contribution >= 0.6 is 11.8 Å². The zero-order valence-electron chi connectivity index (χ0n) is 10.4. The highest BCUT2D eigenvalue weighted by molar-refractivity contribution is 8.00. The van der Waals surface area contributed by atoms with Gasteiger partial charge < -0.3 is 4.90 Å². The fraction of sp³-hybridized carbons (Fsp3) is 0.500. The Morgan fingerprint density at radius 2 is 2.12 bits per heavy atom. The van der Waals surface area contributed by atoms with Gasteiger partial charge in [-0.2, -0.15) is 0 Å². The molecule has 92 valence electrons. The molecule has 0 aliphatic carbocycles. The number of hydrogen-bond donors (Lipinski definition) is 0. The third-order valence-corrected chi connectivity index (χ3v) is 4.95. The minimum atomic E-state index is 0.158. The summed E-state index contributed by atoms with van der Waals surface area (Å²) in [6.07, 6.45) is 2.06. The summed E-state index contributed by atoms with van der Waals surface area (Å²) in [6, 6.07) is 10.5. The second-order valence-corrected chi connectivity index (χ2v) is 5.89. The molecular formula is C14H19NOS. The van der Waals surface area contributed by atoms with Gasteiger partial charge in [-0.25, -0.2) is 0 Å². The first-order chi connectivity index (χ1) is 8.22. The van der Waals surface area contributed by atoms with Crippen LogP contribution in [0.1, 0.15) is 30.6 Å². The van der Waals surface area contributed by atoms with Crippen LogP contribution in [0.3, 0.4) is 0 Å². The number of amides is 1. The van der Waals surface area contributed by atoms with Gasteiger partial charge in [0, 0.05) is 18.8 Å². The number of hydrogen-bond acceptors (Lipinski definition) is 2. The van der Waals surface area contributed by atoms with Gasteiger partial charge in [0.15, 0.2) is 0 Å². The summed E-state index contributed by atoms with van der Waals surface area (Å²) in [7, 11) is 1.90. The van der Waals surface area contributed by atoms with E-state index in [4.69, 9.17) is 0 Å². The molecule has 1 heterocycles. The average Bonchev–Trinajstić information content (AvgIpc) is 2.68. The van der Waals surface area contributed by atoms with Crippen LogP contribution in [-0.2, 0) is 4.79 Å². The van der Waals surface area contributed by atoms with Crippen LogP contribution in [0.15, 0.2) is 30.3 Å². The molecule has 0 bridgehead atoms. The molecule has 0 radical (unpaired) electrons. The van der Waals surface area contributed by atoms with Crippen LogP contribution in [-0.4, -0.2) is 29.6 Å². The van der Waals surface area contributed by atoms with Crippen molar-refractivity contribution in [2.24, 2.45) is 0 Å². The van der Waals surface area contributed by atoms with Gasteiger partial charge in [-0.3, -0.25) is 4.79 Å². The second-order valence-electron chi connectivity index (χ2n) is 4.48. The normalized spacial score (nSPS) is 21.9. The van der Waals surface area contributed by atoms with Gasteiger partial charge in [-0.1, -0.05) is 37.3 Å². The van der Waals surface area contributed by atoms with Gasteiger partial charge in [0.25, 0.3) is 0 Å². The zero-order chi connectivity index (χ0) is 12.3. The van der Waals surface area contributed by atoms with Gasteiger partial charge in [0.1, 0.15) is 0 Å². The first kappa shape index (κ1) is 12.5. The van der Waals surface area contributed by atoms with Crippen molar-refractivity contribution in [2.75, 3.05) is 13.6 Å². The van der Waals surface area contributed by atoms with Crippen molar-refractivity contribution in [2.45, 2.75) is 30.3 Å². The third-order valence-electron chi connectivity index (χ3n) is 3.25. The number of rotatable bonds is 4. The van der Waals surface area contributed by atoms with Crippen LogP contribution in [0.25, 0.3) is 0 Å². The Balaban J connectivity index is 2.04. The van der Waals surface area contributed by atoms with E-state index in [0.29, 0.717) is 11.2 Å². The Morgan fingerprint density at radius 1 is 1.41 bits per heavy atom. The first-order valence-corrected chi connectivity index (χ1v) is 7.12. The number of thioether (sulfide) groups is 1. The predicted molar refractivity (Wildman–Crippen MR) is 73.1 cm³/mol. The summed E-state index contributed by atoms with van der Waals surface area (Å²) < 4.78 is 0. The van der Waals surface area contributed by atoms with Crippen LogP contribution in [0, 0.1) is 0 Å². The number of carbonyl (C=O) groups excluding carboxylic acids is 1. The molecule has 2 nitrogen and oxygen atoms in total. The summed E-state index contributed by atoms with van der Waals surface area (Å²) >= 11 is 1.83. The summed E-state index contributed by atoms with van der Waals surface area (Å²) in [5, 5.41) is 0.599. The summed E-state index contributed by atoms with van der Waals surface area (Å²) in [4.78, 5) is 13.7. The molecular weight excluding hydrogens is 230 g/mol. The first-order valence-electron chi connectivity index (χ1n) is 6.17. The van der Waals surface area contributed by atoms with E-state index in [1.807, 2.05) is 29.8 Å². The highest BCUT2D eigenvalue weighted by Gasteiger charge is 2.31. The molecule has 0 unspecified atom stereocenters. The standard InChI is InChI=1S/C14H19NOS/c1-3-12(11-7-5-4-6-8-11)17-13-9-10-15(2)14(13)16/h4-8,12-13H,3,9-10H2,1-2H3/t12-,13-/m1/s1. The number of nitrogens with zero attached hydrogens (tertiary/aromatic N) is 1. The van der Waals surface area contributed by atoms with Gasteiger partial charge in [-0.05, 0) is 18.4 Å². The zero-order valence-corrected chi connectivity index (χ0v) is 11.2. The van der Waals surface area contributed by atoms with Gasteiger partial charge in [-0.15, -0.1) is 11.8 Å².